The summed E-state index contributed by atoms with van der Waals surface area (Å²) >= 11 is 0. The topological polar surface area (TPSA) is 71.1 Å². The summed E-state index contributed by atoms with van der Waals surface area (Å²) in [4.78, 5) is 28.3. The second-order valence-electron chi connectivity index (χ2n) is 6.60. The Morgan fingerprint density at radius 1 is 1.19 bits per heavy atom. The standard InChI is InChI=1S/C19H29N3O4/c1-14-5-6-17(11-15(14)2)22-13-16(12-18(22)23)20-19(24)21(7-9-25-3)8-10-26-4/h5-6,11,16H,7-10,12-13H2,1-4H3,(H,20,24)/t16-/m0/s1. The fourth-order valence-corrected chi connectivity index (χ4v) is 2.93. The number of urea groups is 1. The molecule has 0 bridgehead atoms. The molecule has 7 heteroatoms. The summed E-state index contributed by atoms with van der Waals surface area (Å²) in [6.07, 6.45) is 0.307. The highest BCUT2D eigenvalue weighted by Gasteiger charge is 2.32. The molecule has 7 nitrogen and oxygen atoms in total. The van der Waals surface area contributed by atoms with E-state index in [4.69, 9.17) is 9.47 Å². The molecule has 2 rings (SSSR count). The molecule has 1 aliphatic heterocycles. The fraction of sp³-hybridized carbons (Fsp3) is 0.579. The van der Waals surface area contributed by atoms with E-state index in [-0.39, 0.29) is 18.0 Å². The highest BCUT2D eigenvalue weighted by atomic mass is 16.5. The first kappa shape index (κ1) is 20.2. The summed E-state index contributed by atoms with van der Waals surface area (Å²) in [6.45, 7) is 6.42. The fourth-order valence-electron chi connectivity index (χ4n) is 2.93. The van der Waals surface area contributed by atoms with Gasteiger partial charge >= 0.3 is 6.03 Å². The van der Waals surface area contributed by atoms with Crippen LogP contribution in [-0.4, -0.2) is 69.9 Å². The second kappa shape index (κ2) is 9.54. The third kappa shape index (κ3) is 5.19. The minimum atomic E-state index is -0.204. The number of carbonyl (C=O) groups is 2. The molecule has 1 heterocycles. The molecule has 1 atom stereocenters. The van der Waals surface area contributed by atoms with E-state index in [1.165, 1.54) is 5.56 Å². The van der Waals surface area contributed by atoms with Crippen molar-refractivity contribution in [3.05, 3.63) is 29.3 Å². The molecule has 0 aliphatic carbocycles. The molecule has 0 spiro atoms. The van der Waals surface area contributed by atoms with Crippen molar-refractivity contribution in [2.75, 3.05) is 52.0 Å². The first-order valence-electron chi connectivity index (χ1n) is 8.87. The highest BCUT2D eigenvalue weighted by Crippen LogP contribution is 2.24. The zero-order valence-corrected chi connectivity index (χ0v) is 16.1. The average Bonchev–Trinajstić information content (AvgIpc) is 2.97. The van der Waals surface area contributed by atoms with Crippen LogP contribution in [0.1, 0.15) is 17.5 Å². The van der Waals surface area contributed by atoms with Crippen LogP contribution in [0.2, 0.25) is 0 Å². The van der Waals surface area contributed by atoms with Gasteiger partial charge in [-0.1, -0.05) is 6.07 Å². The number of nitrogens with one attached hydrogen (secondary N) is 1. The van der Waals surface area contributed by atoms with Crippen LogP contribution in [0, 0.1) is 13.8 Å². The summed E-state index contributed by atoms with van der Waals surface area (Å²) < 4.78 is 10.1. The van der Waals surface area contributed by atoms with E-state index in [9.17, 15) is 9.59 Å². The quantitative estimate of drug-likeness (QED) is 0.763. The third-order valence-electron chi connectivity index (χ3n) is 4.67. The Labute approximate surface area is 155 Å². The van der Waals surface area contributed by atoms with Gasteiger partial charge < -0.3 is 24.6 Å². The predicted octanol–water partition coefficient (Wildman–Crippen LogP) is 1.71. The zero-order chi connectivity index (χ0) is 19.1. The molecule has 1 aromatic carbocycles. The molecule has 1 fully saturated rings. The van der Waals surface area contributed by atoms with Crippen molar-refractivity contribution in [2.24, 2.45) is 0 Å². The smallest absolute Gasteiger partial charge is 0.317 e. The molecule has 1 N–H and O–H groups in total. The van der Waals surface area contributed by atoms with Gasteiger partial charge in [-0.2, -0.15) is 0 Å². The maximum absolute atomic E-state index is 12.5. The van der Waals surface area contributed by atoms with Gasteiger partial charge in [0.05, 0.1) is 19.3 Å². The predicted molar refractivity (Wildman–Crippen MR) is 101 cm³/mol. The number of hydrogen-bond donors (Lipinski definition) is 1. The van der Waals surface area contributed by atoms with Gasteiger partial charge in [0, 0.05) is 46.0 Å². The molecule has 0 aromatic heterocycles. The van der Waals surface area contributed by atoms with Crippen molar-refractivity contribution in [2.45, 2.75) is 26.3 Å². The van der Waals surface area contributed by atoms with Crippen LogP contribution in [0.5, 0.6) is 0 Å². The SMILES string of the molecule is COCCN(CCOC)C(=O)N[C@H]1CC(=O)N(c2ccc(C)c(C)c2)C1. The highest BCUT2D eigenvalue weighted by molar-refractivity contribution is 5.96. The Bertz CT molecular complexity index is 627. The van der Waals surface area contributed by atoms with Crippen LogP contribution in [-0.2, 0) is 14.3 Å². The van der Waals surface area contributed by atoms with Crippen molar-refractivity contribution >= 4 is 17.6 Å². The van der Waals surface area contributed by atoms with Crippen LogP contribution in [0.4, 0.5) is 10.5 Å². The van der Waals surface area contributed by atoms with Crippen molar-refractivity contribution in [3.63, 3.8) is 0 Å². The summed E-state index contributed by atoms with van der Waals surface area (Å²) in [5.41, 5.74) is 3.22. The van der Waals surface area contributed by atoms with Gasteiger partial charge in [0.1, 0.15) is 0 Å². The number of ether oxygens (including phenoxy) is 2. The number of anilines is 1. The lowest BCUT2D eigenvalue weighted by Gasteiger charge is -2.24. The van der Waals surface area contributed by atoms with Crippen LogP contribution < -0.4 is 10.2 Å². The maximum Gasteiger partial charge on any atom is 0.317 e. The van der Waals surface area contributed by atoms with Crippen molar-refractivity contribution in [1.29, 1.82) is 0 Å². The van der Waals surface area contributed by atoms with Gasteiger partial charge in [0.15, 0.2) is 0 Å². The van der Waals surface area contributed by atoms with Crippen LogP contribution >= 0.6 is 0 Å². The first-order chi connectivity index (χ1) is 12.5. The lowest BCUT2D eigenvalue weighted by Crippen LogP contribution is -2.47. The molecule has 0 unspecified atom stereocenters. The second-order valence-corrected chi connectivity index (χ2v) is 6.60. The van der Waals surface area contributed by atoms with E-state index < -0.39 is 0 Å². The van der Waals surface area contributed by atoms with Gasteiger partial charge in [0.25, 0.3) is 0 Å². The number of nitrogens with zero attached hydrogens (tertiary/aromatic N) is 2. The molecule has 0 saturated carbocycles. The number of methoxy groups -OCH3 is 2. The van der Waals surface area contributed by atoms with E-state index in [0.29, 0.717) is 39.3 Å². The Kier molecular flexibility index (Phi) is 7.41. The molecule has 1 aromatic rings. The van der Waals surface area contributed by atoms with Crippen LogP contribution in [0.25, 0.3) is 0 Å². The lowest BCUT2D eigenvalue weighted by molar-refractivity contribution is -0.117. The molecular weight excluding hydrogens is 334 g/mol. The summed E-state index contributed by atoms with van der Waals surface area (Å²) in [7, 11) is 3.20. The summed E-state index contributed by atoms with van der Waals surface area (Å²) in [6, 6.07) is 5.58. The Balaban J connectivity index is 1.98. The summed E-state index contributed by atoms with van der Waals surface area (Å²) in [5.74, 6) is 0.0267. The van der Waals surface area contributed by atoms with Crippen molar-refractivity contribution in [1.82, 2.24) is 10.2 Å². The summed E-state index contributed by atoms with van der Waals surface area (Å²) in [5, 5.41) is 2.97. The van der Waals surface area contributed by atoms with Crippen molar-refractivity contribution in [3.8, 4) is 0 Å². The largest absolute Gasteiger partial charge is 0.383 e. The van der Waals surface area contributed by atoms with Gasteiger partial charge in [-0.15, -0.1) is 0 Å². The number of amides is 3. The van der Waals surface area contributed by atoms with E-state index in [1.807, 2.05) is 32.0 Å². The van der Waals surface area contributed by atoms with E-state index in [0.717, 1.165) is 11.3 Å². The minimum Gasteiger partial charge on any atom is -0.383 e. The Morgan fingerprint density at radius 2 is 1.85 bits per heavy atom. The number of aryl methyl sites for hydroxylation is 2. The average molecular weight is 363 g/mol. The van der Waals surface area contributed by atoms with Crippen LogP contribution in [0.15, 0.2) is 18.2 Å². The monoisotopic (exact) mass is 363 g/mol. The van der Waals surface area contributed by atoms with E-state index in [1.54, 1.807) is 24.0 Å². The molecular formula is C19H29N3O4. The molecule has 3 amide bonds. The maximum atomic E-state index is 12.5. The third-order valence-corrected chi connectivity index (χ3v) is 4.67. The normalized spacial score (nSPS) is 16.8. The zero-order valence-electron chi connectivity index (χ0n) is 16.1. The Hall–Kier alpha value is -2.12. The number of hydrogen-bond acceptors (Lipinski definition) is 4. The van der Waals surface area contributed by atoms with Crippen molar-refractivity contribution < 1.29 is 19.1 Å². The van der Waals surface area contributed by atoms with E-state index >= 15 is 0 Å². The molecule has 0 radical (unpaired) electrons. The molecule has 144 valence electrons. The number of carbonyl (C=O) groups excluding carboxylic acids is 2. The van der Waals surface area contributed by atoms with Gasteiger partial charge in [-0.25, -0.2) is 4.79 Å². The van der Waals surface area contributed by atoms with Gasteiger partial charge in [-0.05, 0) is 37.1 Å². The van der Waals surface area contributed by atoms with Crippen LogP contribution in [0.3, 0.4) is 0 Å². The molecule has 1 aliphatic rings. The number of benzene rings is 1. The van der Waals surface area contributed by atoms with Gasteiger partial charge in [-0.3, -0.25) is 4.79 Å². The lowest BCUT2D eigenvalue weighted by atomic mass is 10.1. The first-order valence-corrected chi connectivity index (χ1v) is 8.87. The van der Waals surface area contributed by atoms with E-state index in [2.05, 4.69) is 5.32 Å². The van der Waals surface area contributed by atoms with Gasteiger partial charge in [0.2, 0.25) is 5.91 Å². The Morgan fingerprint density at radius 3 is 2.42 bits per heavy atom. The molecule has 1 saturated heterocycles. The minimum absolute atomic E-state index is 0.0267. The number of rotatable bonds is 8. The molecule has 26 heavy (non-hydrogen) atoms.